The molecule has 0 aromatic heterocycles. The summed E-state index contributed by atoms with van der Waals surface area (Å²) in [6.07, 6.45) is 2.28. The van der Waals surface area contributed by atoms with Crippen LogP contribution in [-0.4, -0.2) is 61.1 Å². The highest BCUT2D eigenvalue weighted by atomic mass is 19.1. The number of nitrogens with one attached hydrogen (secondary N) is 1. The number of carbonyl (C=O) groups excluding carboxylic acids is 2. The Balaban J connectivity index is 1.70. The van der Waals surface area contributed by atoms with E-state index >= 15 is 0 Å². The molecule has 3 amide bonds. The van der Waals surface area contributed by atoms with Crippen molar-refractivity contribution in [3.8, 4) is 0 Å². The first-order valence-electron chi connectivity index (χ1n) is 9.14. The zero-order chi connectivity index (χ0) is 18.5. The molecular formula is C19H26FN3O3. The Morgan fingerprint density at radius 1 is 1.38 bits per heavy atom. The van der Waals surface area contributed by atoms with Gasteiger partial charge in [-0.15, -0.1) is 0 Å². The van der Waals surface area contributed by atoms with E-state index in [1.165, 1.54) is 12.1 Å². The molecular weight excluding hydrogens is 337 g/mol. The molecule has 7 heteroatoms. The molecule has 0 spiro atoms. The van der Waals surface area contributed by atoms with Gasteiger partial charge in [-0.25, -0.2) is 9.18 Å². The Hall–Kier alpha value is -2.15. The number of nitrogens with zero attached hydrogens (tertiary/aromatic N) is 2. The van der Waals surface area contributed by atoms with E-state index in [2.05, 4.69) is 5.32 Å². The molecule has 0 radical (unpaired) electrons. The molecule has 1 aromatic carbocycles. The fraction of sp³-hybridized carbons (Fsp3) is 0.579. The molecule has 0 unspecified atom stereocenters. The minimum Gasteiger partial charge on any atom is -0.383 e. The SMILES string of the molecule is COCCNC(=O)N1C[C@H]2CCCC(=O)N(Cc3cccc(F)c3)[C@H]2C1. The second kappa shape index (κ2) is 8.49. The fourth-order valence-corrected chi connectivity index (χ4v) is 3.91. The lowest BCUT2D eigenvalue weighted by Gasteiger charge is -2.30. The maximum Gasteiger partial charge on any atom is 0.317 e. The van der Waals surface area contributed by atoms with Gasteiger partial charge in [-0.1, -0.05) is 12.1 Å². The molecule has 0 saturated carbocycles. The van der Waals surface area contributed by atoms with Gasteiger partial charge in [0, 0.05) is 39.7 Å². The minimum absolute atomic E-state index is 0.0126. The molecule has 1 aromatic rings. The van der Waals surface area contributed by atoms with Crippen LogP contribution in [0, 0.1) is 11.7 Å². The number of fused-ring (bicyclic) bond motifs is 1. The van der Waals surface area contributed by atoms with Crippen LogP contribution in [0.1, 0.15) is 24.8 Å². The number of amides is 3. The monoisotopic (exact) mass is 363 g/mol. The van der Waals surface area contributed by atoms with Crippen molar-refractivity contribution in [1.29, 1.82) is 0 Å². The van der Waals surface area contributed by atoms with E-state index < -0.39 is 0 Å². The first-order valence-corrected chi connectivity index (χ1v) is 9.14. The van der Waals surface area contributed by atoms with Crippen LogP contribution >= 0.6 is 0 Å². The zero-order valence-electron chi connectivity index (χ0n) is 15.1. The second-order valence-corrected chi connectivity index (χ2v) is 7.00. The average Bonchev–Trinajstić information content (AvgIpc) is 2.98. The molecule has 0 bridgehead atoms. The number of rotatable bonds is 5. The number of urea groups is 1. The van der Waals surface area contributed by atoms with E-state index in [1.807, 2.05) is 11.0 Å². The summed E-state index contributed by atoms with van der Waals surface area (Å²) in [5, 5.41) is 2.84. The van der Waals surface area contributed by atoms with E-state index in [4.69, 9.17) is 4.74 Å². The van der Waals surface area contributed by atoms with E-state index in [0.717, 1.165) is 18.4 Å². The van der Waals surface area contributed by atoms with Crippen LogP contribution in [0.4, 0.5) is 9.18 Å². The third-order valence-corrected chi connectivity index (χ3v) is 5.20. The van der Waals surface area contributed by atoms with Gasteiger partial charge in [0.2, 0.25) is 5.91 Å². The third kappa shape index (κ3) is 4.33. The van der Waals surface area contributed by atoms with E-state index in [0.29, 0.717) is 39.2 Å². The highest BCUT2D eigenvalue weighted by Gasteiger charge is 2.41. The van der Waals surface area contributed by atoms with Gasteiger partial charge >= 0.3 is 6.03 Å². The van der Waals surface area contributed by atoms with Crippen molar-refractivity contribution in [1.82, 2.24) is 15.1 Å². The molecule has 142 valence electrons. The number of likely N-dealkylation sites (tertiary alicyclic amines) is 2. The van der Waals surface area contributed by atoms with Gasteiger partial charge in [-0.2, -0.15) is 0 Å². The first-order chi connectivity index (χ1) is 12.6. The summed E-state index contributed by atoms with van der Waals surface area (Å²) in [6.45, 7) is 2.49. The Morgan fingerprint density at radius 2 is 2.23 bits per heavy atom. The number of halogens is 1. The van der Waals surface area contributed by atoms with Crippen molar-refractivity contribution in [3.05, 3.63) is 35.6 Å². The summed E-state index contributed by atoms with van der Waals surface area (Å²) >= 11 is 0. The van der Waals surface area contributed by atoms with Crippen LogP contribution in [-0.2, 0) is 16.1 Å². The maximum atomic E-state index is 13.5. The average molecular weight is 363 g/mol. The van der Waals surface area contributed by atoms with E-state index in [9.17, 15) is 14.0 Å². The molecule has 26 heavy (non-hydrogen) atoms. The highest BCUT2D eigenvalue weighted by Crippen LogP contribution is 2.31. The molecule has 6 nitrogen and oxygen atoms in total. The van der Waals surface area contributed by atoms with Gasteiger partial charge in [0.05, 0.1) is 12.6 Å². The molecule has 2 aliphatic rings. The number of hydrogen-bond donors (Lipinski definition) is 1. The van der Waals surface area contributed by atoms with Crippen molar-refractivity contribution in [2.45, 2.75) is 31.8 Å². The standard InChI is InChI=1S/C19H26FN3O3/c1-26-9-8-21-19(25)22-12-15-5-3-7-18(24)23(17(15)13-22)11-14-4-2-6-16(20)10-14/h2,4,6,10,15,17H,3,5,7-9,11-13H2,1H3,(H,21,25)/t15-,17+/m1/s1. The summed E-state index contributed by atoms with van der Waals surface area (Å²) in [5.74, 6) is 0.0541. The Bertz CT molecular complexity index is 655. The molecule has 2 fully saturated rings. The molecule has 2 aliphatic heterocycles. The predicted molar refractivity (Wildman–Crippen MR) is 94.9 cm³/mol. The van der Waals surface area contributed by atoms with Crippen LogP contribution in [0.15, 0.2) is 24.3 Å². The maximum absolute atomic E-state index is 13.5. The smallest absolute Gasteiger partial charge is 0.317 e. The lowest BCUT2D eigenvalue weighted by Crippen LogP contribution is -2.45. The molecule has 2 heterocycles. The van der Waals surface area contributed by atoms with E-state index in [1.54, 1.807) is 18.1 Å². The highest BCUT2D eigenvalue weighted by molar-refractivity contribution is 5.78. The van der Waals surface area contributed by atoms with Crippen LogP contribution in [0.3, 0.4) is 0 Å². The largest absolute Gasteiger partial charge is 0.383 e. The van der Waals surface area contributed by atoms with Gasteiger partial charge < -0.3 is 19.9 Å². The molecule has 1 N–H and O–H groups in total. The quantitative estimate of drug-likeness (QED) is 0.814. The number of ether oxygens (including phenoxy) is 1. The van der Waals surface area contributed by atoms with Crippen LogP contribution in [0.2, 0.25) is 0 Å². The summed E-state index contributed by atoms with van der Waals surface area (Å²) < 4.78 is 18.5. The molecule has 3 rings (SSSR count). The van der Waals surface area contributed by atoms with Gasteiger partial charge in [-0.05, 0) is 36.5 Å². The lowest BCUT2D eigenvalue weighted by molar-refractivity contribution is -0.133. The Kier molecular flexibility index (Phi) is 6.08. The number of benzene rings is 1. The summed E-state index contributed by atoms with van der Waals surface area (Å²) in [6, 6.07) is 6.24. The van der Waals surface area contributed by atoms with Gasteiger partial charge in [0.15, 0.2) is 0 Å². The number of carbonyl (C=O) groups is 2. The van der Waals surface area contributed by atoms with Crippen LogP contribution < -0.4 is 5.32 Å². The molecule has 0 aliphatic carbocycles. The van der Waals surface area contributed by atoms with Gasteiger partial charge in [0.1, 0.15) is 5.82 Å². The lowest BCUT2D eigenvalue weighted by atomic mass is 9.98. The van der Waals surface area contributed by atoms with Gasteiger partial charge in [-0.3, -0.25) is 4.79 Å². The summed E-state index contributed by atoms with van der Waals surface area (Å²) in [4.78, 5) is 28.6. The minimum atomic E-state index is -0.299. The fourth-order valence-electron chi connectivity index (χ4n) is 3.91. The van der Waals surface area contributed by atoms with Crippen LogP contribution in [0.5, 0.6) is 0 Å². The van der Waals surface area contributed by atoms with Crippen LogP contribution in [0.25, 0.3) is 0 Å². The van der Waals surface area contributed by atoms with Gasteiger partial charge in [0.25, 0.3) is 0 Å². The first kappa shape index (κ1) is 18.6. The Morgan fingerprint density at radius 3 is 3.00 bits per heavy atom. The van der Waals surface area contributed by atoms with E-state index in [-0.39, 0.29) is 29.7 Å². The van der Waals surface area contributed by atoms with Crippen molar-refractivity contribution in [3.63, 3.8) is 0 Å². The zero-order valence-corrected chi connectivity index (χ0v) is 15.1. The number of methoxy groups -OCH3 is 1. The second-order valence-electron chi connectivity index (χ2n) is 7.00. The van der Waals surface area contributed by atoms with Crippen molar-refractivity contribution < 1.29 is 18.7 Å². The topological polar surface area (TPSA) is 61.9 Å². The predicted octanol–water partition coefficient (Wildman–Crippen LogP) is 1.99. The third-order valence-electron chi connectivity index (χ3n) is 5.20. The summed E-state index contributed by atoms with van der Waals surface area (Å²) in [5.41, 5.74) is 0.780. The normalized spacial score (nSPS) is 22.9. The molecule has 2 saturated heterocycles. The van der Waals surface area contributed by atoms with Crippen molar-refractivity contribution in [2.24, 2.45) is 5.92 Å². The van der Waals surface area contributed by atoms with Crippen molar-refractivity contribution >= 4 is 11.9 Å². The Labute approximate surface area is 153 Å². The number of hydrogen-bond acceptors (Lipinski definition) is 3. The van der Waals surface area contributed by atoms with Crippen molar-refractivity contribution in [2.75, 3.05) is 33.4 Å². The molecule has 2 atom stereocenters. The summed E-state index contributed by atoms with van der Waals surface area (Å²) in [7, 11) is 1.59.